The van der Waals surface area contributed by atoms with E-state index < -0.39 is 10.0 Å². The zero-order chi connectivity index (χ0) is 19.2. The number of hydrogen-bond donors (Lipinski definition) is 3. The average Bonchev–Trinajstić information content (AvgIpc) is 3.15. The molecule has 0 spiro atoms. The van der Waals surface area contributed by atoms with E-state index in [9.17, 15) is 13.2 Å². The number of imidazole rings is 1. The van der Waals surface area contributed by atoms with Crippen molar-refractivity contribution in [3.63, 3.8) is 0 Å². The molecule has 4 rings (SSSR count). The first-order chi connectivity index (χ1) is 12.8. The Morgan fingerprint density at radius 1 is 1.00 bits per heavy atom. The summed E-state index contributed by atoms with van der Waals surface area (Å²) in [5.41, 5.74) is 2.56. The van der Waals surface area contributed by atoms with Gasteiger partial charge in [-0.15, -0.1) is 0 Å². The number of H-pyrrole nitrogens is 2. The Morgan fingerprint density at radius 2 is 1.70 bits per heavy atom. The number of aryl methyl sites for hydroxylation is 2. The Hall–Kier alpha value is -3.33. The average molecular weight is 384 g/mol. The summed E-state index contributed by atoms with van der Waals surface area (Å²) in [7, 11) is -3.80. The number of aromatic nitrogens is 3. The molecular formula is C18H16N4O4S. The predicted octanol–water partition coefficient (Wildman–Crippen LogP) is 2.93. The van der Waals surface area contributed by atoms with Crippen molar-refractivity contribution < 1.29 is 12.8 Å². The number of aromatic amines is 2. The Balaban J connectivity index is 1.61. The van der Waals surface area contributed by atoms with E-state index in [4.69, 9.17) is 4.42 Å². The number of hydrogen-bond acceptors (Lipinski definition) is 5. The van der Waals surface area contributed by atoms with Gasteiger partial charge in [-0.3, -0.25) is 4.72 Å². The van der Waals surface area contributed by atoms with Gasteiger partial charge in [0.25, 0.3) is 10.0 Å². The summed E-state index contributed by atoms with van der Waals surface area (Å²) >= 11 is 0. The molecule has 2 aromatic heterocycles. The van der Waals surface area contributed by atoms with E-state index in [1.54, 1.807) is 37.3 Å². The first-order valence-electron chi connectivity index (χ1n) is 8.11. The van der Waals surface area contributed by atoms with Crippen LogP contribution in [0.25, 0.3) is 22.3 Å². The molecular weight excluding hydrogens is 368 g/mol. The standard InChI is InChI=1S/C18H16N4O4S/c1-10-17(19-11(2)26-10)12-3-5-13(6-4-12)22-27(24,25)14-7-8-15-16(9-14)21-18(23)20-15/h3-9,22H,1-2H3,(H2,20,21,23). The summed E-state index contributed by atoms with van der Waals surface area (Å²) in [6.07, 6.45) is 0. The molecule has 138 valence electrons. The molecule has 0 radical (unpaired) electrons. The fourth-order valence-electron chi connectivity index (χ4n) is 2.89. The van der Waals surface area contributed by atoms with E-state index >= 15 is 0 Å². The van der Waals surface area contributed by atoms with Gasteiger partial charge < -0.3 is 14.4 Å². The van der Waals surface area contributed by atoms with Crippen LogP contribution in [0.5, 0.6) is 0 Å². The maximum absolute atomic E-state index is 12.6. The van der Waals surface area contributed by atoms with Gasteiger partial charge >= 0.3 is 5.69 Å². The van der Waals surface area contributed by atoms with E-state index in [1.807, 2.05) is 6.92 Å². The van der Waals surface area contributed by atoms with E-state index in [2.05, 4.69) is 19.7 Å². The van der Waals surface area contributed by atoms with Gasteiger partial charge in [0.1, 0.15) is 11.5 Å². The molecule has 0 amide bonds. The monoisotopic (exact) mass is 384 g/mol. The smallest absolute Gasteiger partial charge is 0.323 e. The number of fused-ring (bicyclic) bond motifs is 1. The van der Waals surface area contributed by atoms with Crippen molar-refractivity contribution in [1.29, 1.82) is 0 Å². The molecule has 0 saturated heterocycles. The summed E-state index contributed by atoms with van der Waals surface area (Å²) in [6.45, 7) is 3.60. The lowest BCUT2D eigenvalue weighted by Gasteiger charge is -2.09. The molecule has 0 atom stereocenters. The number of anilines is 1. The Bertz CT molecular complexity index is 1300. The SMILES string of the molecule is Cc1nc(-c2ccc(NS(=O)(=O)c3ccc4[nH]c(=O)[nH]c4c3)cc2)c(C)o1. The van der Waals surface area contributed by atoms with Gasteiger partial charge in [0, 0.05) is 18.2 Å². The van der Waals surface area contributed by atoms with Crippen LogP contribution in [0.2, 0.25) is 0 Å². The van der Waals surface area contributed by atoms with Crippen molar-refractivity contribution in [1.82, 2.24) is 15.0 Å². The number of oxazole rings is 1. The minimum Gasteiger partial charge on any atom is -0.446 e. The number of nitrogens with zero attached hydrogens (tertiary/aromatic N) is 1. The summed E-state index contributed by atoms with van der Waals surface area (Å²) in [4.78, 5) is 20.8. The molecule has 2 heterocycles. The number of sulfonamides is 1. The van der Waals surface area contributed by atoms with Gasteiger partial charge in [0.15, 0.2) is 5.89 Å². The quantitative estimate of drug-likeness (QED) is 0.499. The van der Waals surface area contributed by atoms with Crippen LogP contribution in [0.4, 0.5) is 5.69 Å². The molecule has 0 aliphatic heterocycles. The van der Waals surface area contributed by atoms with Crippen LogP contribution in [-0.4, -0.2) is 23.4 Å². The van der Waals surface area contributed by atoms with Gasteiger partial charge in [-0.1, -0.05) is 12.1 Å². The molecule has 9 heteroatoms. The van der Waals surface area contributed by atoms with Crippen LogP contribution in [-0.2, 0) is 10.0 Å². The first kappa shape index (κ1) is 17.1. The highest BCUT2D eigenvalue weighted by Gasteiger charge is 2.16. The second-order valence-corrected chi connectivity index (χ2v) is 7.79. The summed E-state index contributed by atoms with van der Waals surface area (Å²) in [5, 5.41) is 0. The van der Waals surface area contributed by atoms with Gasteiger partial charge in [-0.2, -0.15) is 0 Å². The van der Waals surface area contributed by atoms with E-state index in [0.717, 1.165) is 11.3 Å². The highest BCUT2D eigenvalue weighted by atomic mass is 32.2. The van der Waals surface area contributed by atoms with Crippen molar-refractivity contribution in [3.05, 3.63) is 64.6 Å². The third kappa shape index (κ3) is 3.24. The number of benzene rings is 2. The number of rotatable bonds is 4. The molecule has 4 aromatic rings. The molecule has 0 unspecified atom stereocenters. The van der Waals surface area contributed by atoms with Gasteiger partial charge in [-0.05, 0) is 37.3 Å². The minimum absolute atomic E-state index is 0.0531. The van der Waals surface area contributed by atoms with Crippen molar-refractivity contribution in [2.24, 2.45) is 0 Å². The fraction of sp³-hybridized carbons (Fsp3) is 0.111. The Labute approximate surface area is 154 Å². The van der Waals surface area contributed by atoms with Crippen LogP contribution in [0, 0.1) is 13.8 Å². The van der Waals surface area contributed by atoms with Crippen molar-refractivity contribution in [2.75, 3.05) is 4.72 Å². The van der Waals surface area contributed by atoms with E-state index in [-0.39, 0.29) is 10.6 Å². The van der Waals surface area contributed by atoms with Crippen LogP contribution < -0.4 is 10.4 Å². The van der Waals surface area contributed by atoms with Crippen LogP contribution in [0.15, 0.2) is 56.6 Å². The predicted molar refractivity (Wildman–Crippen MR) is 101 cm³/mol. The van der Waals surface area contributed by atoms with Crippen LogP contribution >= 0.6 is 0 Å². The van der Waals surface area contributed by atoms with Crippen molar-refractivity contribution >= 4 is 26.7 Å². The summed E-state index contributed by atoms with van der Waals surface area (Å²) in [6, 6.07) is 11.3. The highest BCUT2D eigenvalue weighted by molar-refractivity contribution is 7.92. The molecule has 2 aromatic carbocycles. The lowest BCUT2D eigenvalue weighted by molar-refractivity contribution is 0.495. The molecule has 3 N–H and O–H groups in total. The molecule has 0 aliphatic carbocycles. The largest absolute Gasteiger partial charge is 0.446 e. The molecule has 0 saturated carbocycles. The van der Waals surface area contributed by atoms with E-state index in [0.29, 0.717) is 28.4 Å². The van der Waals surface area contributed by atoms with Crippen LogP contribution in [0.3, 0.4) is 0 Å². The summed E-state index contributed by atoms with van der Waals surface area (Å²) < 4.78 is 33.2. The third-order valence-corrected chi connectivity index (χ3v) is 5.49. The lowest BCUT2D eigenvalue weighted by atomic mass is 10.1. The number of nitrogens with one attached hydrogen (secondary N) is 3. The topological polar surface area (TPSA) is 121 Å². The minimum atomic E-state index is -3.80. The Morgan fingerprint density at radius 3 is 2.37 bits per heavy atom. The van der Waals surface area contributed by atoms with Gasteiger partial charge in [0.05, 0.1) is 15.9 Å². The maximum atomic E-state index is 12.6. The van der Waals surface area contributed by atoms with E-state index in [1.165, 1.54) is 12.1 Å². The van der Waals surface area contributed by atoms with Crippen molar-refractivity contribution in [3.8, 4) is 11.3 Å². The van der Waals surface area contributed by atoms with Gasteiger partial charge in [-0.25, -0.2) is 18.2 Å². The fourth-order valence-corrected chi connectivity index (χ4v) is 3.97. The molecule has 0 fully saturated rings. The second-order valence-electron chi connectivity index (χ2n) is 6.11. The molecule has 8 nitrogen and oxygen atoms in total. The van der Waals surface area contributed by atoms with Crippen LogP contribution in [0.1, 0.15) is 11.7 Å². The lowest BCUT2D eigenvalue weighted by Crippen LogP contribution is -2.12. The first-order valence-corrected chi connectivity index (χ1v) is 9.59. The maximum Gasteiger partial charge on any atom is 0.323 e. The van der Waals surface area contributed by atoms with Crippen molar-refractivity contribution in [2.45, 2.75) is 18.7 Å². The zero-order valence-corrected chi connectivity index (χ0v) is 15.3. The molecule has 0 bridgehead atoms. The van der Waals surface area contributed by atoms with Gasteiger partial charge in [0.2, 0.25) is 0 Å². The normalized spacial score (nSPS) is 11.8. The second kappa shape index (κ2) is 6.13. The summed E-state index contributed by atoms with van der Waals surface area (Å²) in [5.74, 6) is 1.28. The zero-order valence-electron chi connectivity index (χ0n) is 14.5. The molecule has 0 aliphatic rings. The third-order valence-electron chi connectivity index (χ3n) is 4.11. The molecule has 27 heavy (non-hydrogen) atoms. The highest BCUT2D eigenvalue weighted by Crippen LogP contribution is 2.26. The Kier molecular flexibility index (Phi) is 3.88.